The van der Waals surface area contributed by atoms with E-state index in [-0.39, 0.29) is 11.5 Å². The van der Waals surface area contributed by atoms with E-state index in [0.717, 1.165) is 0 Å². The molecule has 0 atom stereocenters. The van der Waals surface area contributed by atoms with Crippen LogP contribution in [0.25, 0.3) is 0 Å². The molecule has 1 N–H and O–H groups in total. The van der Waals surface area contributed by atoms with Crippen molar-refractivity contribution in [2.24, 2.45) is 0 Å². The number of anilines is 1. The Kier molecular flexibility index (Phi) is 4.19. The van der Waals surface area contributed by atoms with Gasteiger partial charge in [-0.2, -0.15) is 0 Å². The largest absolute Gasteiger partial charge is 0.377 e. The van der Waals surface area contributed by atoms with Crippen LogP contribution in [-0.2, 0) is 6.54 Å². The van der Waals surface area contributed by atoms with E-state index in [0.29, 0.717) is 21.6 Å². The summed E-state index contributed by atoms with van der Waals surface area (Å²) >= 11 is 8.94. The maximum absolute atomic E-state index is 13.5. The SMILES string of the molecule is Fc1cc(CNc2c(F)cccc2Cl)ccc1Br. The molecule has 0 heterocycles. The van der Waals surface area contributed by atoms with Crippen LogP contribution in [0.2, 0.25) is 5.02 Å². The Labute approximate surface area is 117 Å². The van der Waals surface area contributed by atoms with E-state index in [1.165, 1.54) is 18.2 Å². The monoisotopic (exact) mass is 331 g/mol. The van der Waals surface area contributed by atoms with Crippen LogP contribution in [0.15, 0.2) is 40.9 Å². The van der Waals surface area contributed by atoms with Crippen LogP contribution < -0.4 is 5.32 Å². The lowest BCUT2D eigenvalue weighted by atomic mass is 10.2. The molecule has 0 aliphatic heterocycles. The van der Waals surface area contributed by atoms with Crippen LogP contribution in [0.3, 0.4) is 0 Å². The molecule has 2 rings (SSSR count). The molecule has 1 nitrogen and oxygen atoms in total. The van der Waals surface area contributed by atoms with Crippen molar-refractivity contribution < 1.29 is 8.78 Å². The molecule has 0 saturated heterocycles. The van der Waals surface area contributed by atoms with Gasteiger partial charge in [0.25, 0.3) is 0 Å². The van der Waals surface area contributed by atoms with Crippen molar-refractivity contribution in [2.75, 3.05) is 5.32 Å². The number of halogens is 4. The molecule has 0 aromatic heterocycles. The lowest BCUT2D eigenvalue weighted by Crippen LogP contribution is -2.02. The summed E-state index contributed by atoms with van der Waals surface area (Å²) in [4.78, 5) is 0. The second kappa shape index (κ2) is 5.67. The standard InChI is InChI=1S/C13H9BrClF2N/c14-9-5-4-8(6-12(9)17)7-18-13-10(15)2-1-3-11(13)16/h1-6,18H,7H2. The van der Waals surface area contributed by atoms with Crippen LogP contribution in [-0.4, -0.2) is 0 Å². The first-order chi connectivity index (χ1) is 8.58. The van der Waals surface area contributed by atoms with E-state index in [1.807, 2.05) is 0 Å². The smallest absolute Gasteiger partial charge is 0.147 e. The van der Waals surface area contributed by atoms with Crippen LogP contribution >= 0.6 is 27.5 Å². The first-order valence-electron chi connectivity index (χ1n) is 5.20. The number of hydrogen-bond acceptors (Lipinski definition) is 1. The Morgan fingerprint density at radius 1 is 1.11 bits per heavy atom. The summed E-state index contributed by atoms with van der Waals surface area (Å²) in [7, 11) is 0. The quantitative estimate of drug-likeness (QED) is 0.834. The van der Waals surface area contributed by atoms with E-state index >= 15 is 0 Å². The molecule has 94 valence electrons. The molecule has 2 aromatic carbocycles. The lowest BCUT2D eigenvalue weighted by Gasteiger charge is -2.09. The van der Waals surface area contributed by atoms with E-state index in [2.05, 4.69) is 21.2 Å². The van der Waals surface area contributed by atoms with Gasteiger partial charge >= 0.3 is 0 Å². The summed E-state index contributed by atoms with van der Waals surface area (Å²) in [5.74, 6) is -0.783. The molecule has 0 bridgehead atoms. The van der Waals surface area contributed by atoms with E-state index in [9.17, 15) is 8.78 Å². The summed E-state index contributed by atoms with van der Waals surface area (Å²) in [6.45, 7) is 0.296. The predicted octanol–water partition coefficient (Wildman–Crippen LogP) is 4.99. The maximum Gasteiger partial charge on any atom is 0.147 e. The lowest BCUT2D eigenvalue weighted by molar-refractivity contribution is 0.618. The third-order valence-corrected chi connectivity index (χ3v) is 3.37. The van der Waals surface area contributed by atoms with Gasteiger partial charge in [0, 0.05) is 6.54 Å². The van der Waals surface area contributed by atoms with Crippen LogP contribution in [0, 0.1) is 11.6 Å². The summed E-state index contributed by atoms with van der Waals surface area (Å²) in [5.41, 5.74) is 0.928. The fraction of sp³-hybridized carbons (Fsp3) is 0.0769. The van der Waals surface area contributed by atoms with E-state index in [1.54, 1.807) is 18.2 Å². The van der Waals surface area contributed by atoms with Gasteiger partial charge in [0.2, 0.25) is 0 Å². The van der Waals surface area contributed by atoms with Crippen molar-refractivity contribution in [2.45, 2.75) is 6.54 Å². The van der Waals surface area contributed by atoms with Gasteiger partial charge in [0.05, 0.1) is 15.2 Å². The summed E-state index contributed by atoms with van der Waals surface area (Å²) in [5, 5.41) is 3.15. The number of benzene rings is 2. The van der Waals surface area contributed by atoms with Crippen molar-refractivity contribution in [3.8, 4) is 0 Å². The van der Waals surface area contributed by atoms with Crippen molar-refractivity contribution in [1.82, 2.24) is 0 Å². The topological polar surface area (TPSA) is 12.0 Å². The number of nitrogens with one attached hydrogen (secondary N) is 1. The van der Waals surface area contributed by atoms with Crippen molar-refractivity contribution in [3.63, 3.8) is 0 Å². The molecule has 0 spiro atoms. The van der Waals surface area contributed by atoms with Gasteiger partial charge in [-0.15, -0.1) is 0 Å². The zero-order valence-corrected chi connectivity index (χ0v) is 11.5. The molecule has 18 heavy (non-hydrogen) atoms. The number of rotatable bonds is 3. The third kappa shape index (κ3) is 3.00. The van der Waals surface area contributed by atoms with Gasteiger partial charge in [-0.05, 0) is 45.8 Å². The predicted molar refractivity (Wildman–Crippen MR) is 72.8 cm³/mol. The molecular formula is C13H9BrClF2N. The molecule has 0 saturated carbocycles. The van der Waals surface area contributed by atoms with E-state index < -0.39 is 5.82 Å². The van der Waals surface area contributed by atoms with Crippen LogP contribution in [0.1, 0.15) is 5.56 Å². The van der Waals surface area contributed by atoms with Gasteiger partial charge in [-0.1, -0.05) is 23.7 Å². The highest BCUT2D eigenvalue weighted by Gasteiger charge is 2.07. The summed E-state index contributed by atoms with van der Waals surface area (Å²) < 4.78 is 27.2. The second-order valence-corrected chi connectivity index (χ2v) is 4.96. The molecule has 0 unspecified atom stereocenters. The van der Waals surface area contributed by atoms with Gasteiger partial charge < -0.3 is 5.32 Å². The molecule has 0 fully saturated rings. The average molecular weight is 333 g/mol. The second-order valence-electron chi connectivity index (χ2n) is 3.70. The highest BCUT2D eigenvalue weighted by molar-refractivity contribution is 9.10. The zero-order chi connectivity index (χ0) is 13.1. The minimum absolute atomic E-state index is 0.225. The third-order valence-electron chi connectivity index (χ3n) is 2.42. The molecule has 0 aliphatic rings. The first kappa shape index (κ1) is 13.3. The molecule has 0 amide bonds. The Morgan fingerprint density at radius 3 is 2.56 bits per heavy atom. The van der Waals surface area contributed by atoms with Crippen molar-refractivity contribution >= 4 is 33.2 Å². The minimum atomic E-state index is -0.430. The van der Waals surface area contributed by atoms with Crippen LogP contribution in [0.4, 0.5) is 14.5 Å². The van der Waals surface area contributed by atoms with Crippen LogP contribution in [0.5, 0.6) is 0 Å². The Bertz CT molecular complexity index is 555. The van der Waals surface area contributed by atoms with Gasteiger partial charge in [0.1, 0.15) is 11.6 Å². The number of hydrogen-bond donors (Lipinski definition) is 1. The number of para-hydroxylation sites is 1. The van der Waals surface area contributed by atoms with Gasteiger partial charge in [0.15, 0.2) is 0 Å². The normalized spacial score (nSPS) is 10.4. The van der Waals surface area contributed by atoms with Crippen molar-refractivity contribution in [3.05, 3.63) is 63.1 Å². The minimum Gasteiger partial charge on any atom is -0.377 e. The Balaban J connectivity index is 2.14. The average Bonchev–Trinajstić information content (AvgIpc) is 2.33. The highest BCUT2D eigenvalue weighted by Crippen LogP contribution is 2.25. The van der Waals surface area contributed by atoms with E-state index in [4.69, 9.17) is 11.6 Å². The fourth-order valence-electron chi connectivity index (χ4n) is 1.51. The highest BCUT2D eigenvalue weighted by atomic mass is 79.9. The molecule has 0 radical (unpaired) electrons. The van der Waals surface area contributed by atoms with Crippen molar-refractivity contribution in [1.29, 1.82) is 0 Å². The summed E-state index contributed by atoms with van der Waals surface area (Å²) in [6, 6.07) is 9.17. The Hall–Kier alpha value is -1.13. The summed E-state index contributed by atoms with van der Waals surface area (Å²) in [6.07, 6.45) is 0. The van der Waals surface area contributed by atoms with Gasteiger partial charge in [-0.3, -0.25) is 0 Å². The first-order valence-corrected chi connectivity index (χ1v) is 6.37. The fourth-order valence-corrected chi connectivity index (χ4v) is 1.98. The molecule has 0 aliphatic carbocycles. The van der Waals surface area contributed by atoms with Gasteiger partial charge in [-0.25, -0.2) is 8.78 Å². The molecule has 5 heteroatoms. The molecular weight excluding hydrogens is 324 g/mol. The maximum atomic E-state index is 13.5. The Morgan fingerprint density at radius 2 is 1.89 bits per heavy atom. The molecule has 2 aromatic rings. The zero-order valence-electron chi connectivity index (χ0n) is 9.18.